The van der Waals surface area contributed by atoms with Crippen molar-refractivity contribution >= 4 is 0 Å². The summed E-state index contributed by atoms with van der Waals surface area (Å²) in [6.45, 7) is 7.22. The molecule has 4 unspecified atom stereocenters. The first-order chi connectivity index (χ1) is 7.49. The highest BCUT2D eigenvalue weighted by atomic mass is 14.8. The maximum atomic E-state index is 6.75. The Morgan fingerprint density at radius 3 is 2.12 bits per heavy atom. The van der Waals surface area contributed by atoms with E-state index in [-0.39, 0.29) is 5.54 Å². The van der Waals surface area contributed by atoms with Gasteiger partial charge in [0.25, 0.3) is 0 Å². The molecule has 1 heteroatoms. The van der Waals surface area contributed by atoms with Gasteiger partial charge in [0.15, 0.2) is 0 Å². The summed E-state index contributed by atoms with van der Waals surface area (Å²) in [5, 5.41) is 0. The fourth-order valence-corrected chi connectivity index (χ4v) is 4.42. The standard InChI is InChI=1S/C15H29N/c1-11-5-4-6-15(16,10-11)14-8-12(2)7-13(3)9-14/h11-14H,4-10,16H2,1-3H3. The minimum absolute atomic E-state index is 0.181. The average Bonchev–Trinajstić information content (AvgIpc) is 2.15. The Morgan fingerprint density at radius 2 is 1.56 bits per heavy atom. The molecule has 2 fully saturated rings. The molecule has 0 radical (unpaired) electrons. The summed E-state index contributed by atoms with van der Waals surface area (Å²) < 4.78 is 0. The van der Waals surface area contributed by atoms with Crippen LogP contribution in [0.3, 0.4) is 0 Å². The van der Waals surface area contributed by atoms with Crippen LogP contribution in [0.25, 0.3) is 0 Å². The molecular formula is C15H29N. The van der Waals surface area contributed by atoms with Crippen LogP contribution in [0.2, 0.25) is 0 Å². The quantitative estimate of drug-likeness (QED) is 0.715. The molecule has 1 nitrogen and oxygen atoms in total. The third kappa shape index (κ3) is 2.61. The highest BCUT2D eigenvalue weighted by Gasteiger charge is 2.41. The van der Waals surface area contributed by atoms with Gasteiger partial charge in [0.2, 0.25) is 0 Å². The first kappa shape index (κ1) is 12.4. The second kappa shape index (κ2) is 4.68. The van der Waals surface area contributed by atoms with Gasteiger partial charge in [-0.3, -0.25) is 0 Å². The van der Waals surface area contributed by atoms with Crippen LogP contribution < -0.4 is 5.73 Å². The van der Waals surface area contributed by atoms with Crippen molar-refractivity contribution in [2.24, 2.45) is 29.4 Å². The van der Waals surface area contributed by atoms with Crippen LogP contribution in [0.1, 0.15) is 65.7 Å². The number of hydrogen-bond donors (Lipinski definition) is 1. The molecule has 0 aromatic carbocycles. The number of rotatable bonds is 1. The molecule has 0 spiro atoms. The van der Waals surface area contributed by atoms with Gasteiger partial charge >= 0.3 is 0 Å². The topological polar surface area (TPSA) is 26.0 Å². The lowest BCUT2D eigenvalue weighted by Crippen LogP contribution is -2.52. The first-order valence-corrected chi connectivity index (χ1v) is 7.28. The van der Waals surface area contributed by atoms with Gasteiger partial charge in [0.1, 0.15) is 0 Å². The summed E-state index contributed by atoms with van der Waals surface area (Å²) in [4.78, 5) is 0. The maximum absolute atomic E-state index is 6.75. The Balaban J connectivity index is 2.04. The van der Waals surface area contributed by atoms with E-state index < -0.39 is 0 Å². The van der Waals surface area contributed by atoms with Crippen LogP contribution in [0.4, 0.5) is 0 Å². The van der Waals surface area contributed by atoms with Gasteiger partial charge in [-0.25, -0.2) is 0 Å². The van der Waals surface area contributed by atoms with E-state index in [1.54, 1.807) is 0 Å². The second-order valence-electron chi connectivity index (χ2n) is 7.05. The Hall–Kier alpha value is -0.0400. The van der Waals surface area contributed by atoms with Crippen molar-refractivity contribution in [1.29, 1.82) is 0 Å². The zero-order valence-electron chi connectivity index (χ0n) is 11.3. The molecule has 2 saturated carbocycles. The van der Waals surface area contributed by atoms with Crippen molar-refractivity contribution in [3.05, 3.63) is 0 Å². The third-order valence-electron chi connectivity index (χ3n) is 5.06. The third-order valence-corrected chi connectivity index (χ3v) is 5.06. The molecule has 0 saturated heterocycles. The summed E-state index contributed by atoms with van der Waals surface area (Å²) in [6, 6.07) is 0. The zero-order chi connectivity index (χ0) is 11.8. The summed E-state index contributed by atoms with van der Waals surface area (Å²) in [5.41, 5.74) is 6.93. The van der Waals surface area contributed by atoms with Crippen molar-refractivity contribution in [2.75, 3.05) is 0 Å². The summed E-state index contributed by atoms with van der Waals surface area (Å²) in [5.74, 6) is 3.44. The molecule has 2 aliphatic rings. The average molecular weight is 223 g/mol. The van der Waals surface area contributed by atoms with Crippen molar-refractivity contribution < 1.29 is 0 Å². The Bertz CT molecular complexity index is 228. The molecule has 0 aromatic heterocycles. The van der Waals surface area contributed by atoms with E-state index in [0.29, 0.717) is 0 Å². The van der Waals surface area contributed by atoms with E-state index in [4.69, 9.17) is 5.73 Å². The lowest BCUT2D eigenvalue weighted by molar-refractivity contribution is 0.0878. The van der Waals surface area contributed by atoms with E-state index in [2.05, 4.69) is 20.8 Å². The van der Waals surface area contributed by atoms with Gasteiger partial charge < -0.3 is 5.73 Å². The predicted molar refractivity (Wildman–Crippen MR) is 70.2 cm³/mol. The van der Waals surface area contributed by atoms with Gasteiger partial charge in [0, 0.05) is 5.54 Å². The van der Waals surface area contributed by atoms with E-state index in [0.717, 1.165) is 23.7 Å². The smallest absolute Gasteiger partial charge is 0.0185 e. The van der Waals surface area contributed by atoms with Gasteiger partial charge in [-0.2, -0.15) is 0 Å². The lowest BCUT2D eigenvalue weighted by Gasteiger charge is -2.47. The minimum Gasteiger partial charge on any atom is -0.325 e. The molecule has 0 heterocycles. The first-order valence-electron chi connectivity index (χ1n) is 7.28. The fourth-order valence-electron chi connectivity index (χ4n) is 4.42. The van der Waals surface area contributed by atoms with Gasteiger partial charge in [-0.1, -0.05) is 33.6 Å². The monoisotopic (exact) mass is 223 g/mol. The van der Waals surface area contributed by atoms with E-state index in [1.807, 2.05) is 0 Å². The molecular weight excluding hydrogens is 194 g/mol. The molecule has 0 aliphatic heterocycles. The molecule has 2 aliphatic carbocycles. The molecule has 0 bridgehead atoms. The molecule has 16 heavy (non-hydrogen) atoms. The van der Waals surface area contributed by atoms with E-state index in [1.165, 1.54) is 44.9 Å². The van der Waals surface area contributed by atoms with Crippen molar-refractivity contribution in [3.63, 3.8) is 0 Å². The second-order valence-corrected chi connectivity index (χ2v) is 7.05. The summed E-state index contributed by atoms with van der Waals surface area (Å²) in [7, 11) is 0. The summed E-state index contributed by atoms with van der Waals surface area (Å²) in [6.07, 6.45) is 9.50. The van der Waals surface area contributed by atoms with Crippen LogP contribution >= 0.6 is 0 Å². The lowest BCUT2D eigenvalue weighted by atomic mass is 9.62. The van der Waals surface area contributed by atoms with Crippen molar-refractivity contribution in [2.45, 2.75) is 71.3 Å². The molecule has 94 valence electrons. The highest BCUT2D eigenvalue weighted by molar-refractivity contribution is 4.97. The Morgan fingerprint density at radius 1 is 0.938 bits per heavy atom. The highest BCUT2D eigenvalue weighted by Crippen LogP contribution is 2.44. The van der Waals surface area contributed by atoms with Crippen molar-refractivity contribution in [3.8, 4) is 0 Å². The van der Waals surface area contributed by atoms with E-state index in [9.17, 15) is 0 Å². The Kier molecular flexibility index (Phi) is 3.63. The molecule has 4 atom stereocenters. The van der Waals surface area contributed by atoms with Crippen LogP contribution in [-0.2, 0) is 0 Å². The minimum atomic E-state index is 0.181. The number of nitrogens with two attached hydrogens (primary N) is 1. The van der Waals surface area contributed by atoms with Crippen LogP contribution in [-0.4, -0.2) is 5.54 Å². The fraction of sp³-hybridized carbons (Fsp3) is 1.00. The molecule has 2 N–H and O–H groups in total. The van der Waals surface area contributed by atoms with E-state index >= 15 is 0 Å². The SMILES string of the molecule is CC1CC(C)CC(C2(N)CCCC(C)C2)C1. The van der Waals surface area contributed by atoms with Gasteiger partial charge in [-0.05, 0) is 55.8 Å². The van der Waals surface area contributed by atoms with Crippen molar-refractivity contribution in [1.82, 2.24) is 0 Å². The van der Waals surface area contributed by atoms with Gasteiger partial charge in [-0.15, -0.1) is 0 Å². The normalized spacial score (nSPS) is 50.2. The maximum Gasteiger partial charge on any atom is 0.0185 e. The molecule has 0 amide bonds. The van der Waals surface area contributed by atoms with Crippen LogP contribution in [0.5, 0.6) is 0 Å². The predicted octanol–water partition coefficient (Wildman–Crippen LogP) is 3.97. The Labute approximate surface area is 101 Å². The van der Waals surface area contributed by atoms with Crippen LogP contribution in [0, 0.1) is 23.7 Å². The molecule has 2 rings (SSSR count). The number of hydrogen-bond acceptors (Lipinski definition) is 1. The zero-order valence-corrected chi connectivity index (χ0v) is 11.3. The summed E-state index contributed by atoms with van der Waals surface area (Å²) >= 11 is 0. The van der Waals surface area contributed by atoms with Crippen LogP contribution in [0.15, 0.2) is 0 Å². The van der Waals surface area contributed by atoms with Gasteiger partial charge in [0.05, 0.1) is 0 Å². The molecule has 0 aromatic rings. The largest absolute Gasteiger partial charge is 0.325 e.